The second-order valence-corrected chi connectivity index (χ2v) is 7.53. The van der Waals surface area contributed by atoms with Gasteiger partial charge < -0.3 is 14.2 Å². The molecule has 3 aromatic heterocycles. The SMILES string of the molecule is COC1CC(c2nc(C)no2)N(c2ncnc3nc(SC)sc23)C1. The van der Waals surface area contributed by atoms with Crippen LogP contribution in [0.2, 0.25) is 0 Å². The average molecular weight is 364 g/mol. The summed E-state index contributed by atoms with van der Waals surface area (Å²) in [6.07, 6.45) is 4.42. The van der Waals surface area contributed by atoms with Crippen LogP contribution < -0.4 is 4.90 Å². The predicted molar refractivity (Wildman–Crippen MR) is 91.5 cm³/mol. The van der Waals surface area contributed by atoms with Gasteiger partial charge in [-0.2, -0.15) is 4.98 Å². The van der Waals surface area contributed by atoms with Crippen molar-refractivity contribution in [2.75, 3.05) is 24.8 Å². The number of hydrogen-bond acceptors (Lipinski definition) is 10. The Kier molecular flexibility index (Phi) is 4.10. The lowest BCUT2D eigenvalue weighted by molar-refractivity contribution is 0.117. The van der Waals surface area contributed by atoms with Crippen LogP contribution in [-0.2, 0) is 4.74 Å². The zero-order valence-corrected chi connectivity index (χ0v) is 15.1. The highest BCUT2D eigenvalue weighted by Gasteiger charge is 2.38. The number of anilines is 1. The van der Waals surface area contributed by atoms with E-state index in [-0.39, 0.29) is 12.1 Å². The number of nitrogens with zero attached hydrogens (tertiary/aromatic N) is 6. The highest BCUT2D eigenvalue weighted by molar-refractivity contribution is 8.00. The molecule has 24 heavy (non-hydrogen) atoms. The molecule has 0 aromatic carbocycles. The van der Waals surface area contributed by atoms with Crippen LogP contribution in [0, 0.1) is 6.92 Å². The molecule has 2 unspecified atom stereocenters. The molecule has 0 bridgehead atoms. The molecule has 1 saturated heterocycles. The number of fused-ring (bicyclic) bond motifs is 1. The molecule has 0 radical (unpaired) electrons. The number of aryl methyl sites for hydroxylation is 1. The molecule has 10 heteroatoms. The first kappa shape index (κ1) is 15.7. The Labute approximate surface area is 146 Å². The van der Waals surface area contributed by atoms with E-state index >= 15 is 0 Å². The van der Waals surface area contributed by atoms with Crippen molar-refractivity contribution < 1.29 is 9.26 Å². The molecule has 2 atom stereocenters. The second kappa shape index (κ2) is 6.26. The van der Waals surface area contributed by atoms with Gasteiger partial charge in [0, 0.05) is 20.1 Å². The molecule has 0 spiro atoms. The molecule has 3 aromatic rings. The molecule has 4 heterocycles. The van der Waals surface area contributed by atoms with Crippen LogP contribution in [-0.4, -0.2) is 51.1 Å². The van der Waals surface area contributed by atoms with E-state index in [0.717, 1.165) is 26.9 Å². The van der Waals surface area contributed by atoms with E-state index in [1.54, 1.807) is 36.5 Å². The van der Waals surface area contributed by atoms with Gasteiger partial charge in [0.05, 0.1) is 6.10 Å². The zero-order chi connectivity index (χ0) is 16.7. The maximum absolute atomic E-state index is 5.57. The van der Waals surface area contributed by atoms with Gasteiger partial charge in [0.1, 0.15) is 17.1 Å². The molecule has 8 nitrogen and oxygen atoms in total. The molecule has 0 amide bonds. The van der Waals surface area contributed by atoms with Gasteiger partial charge >= 0.3 is 0 Å². The van der Waals surface area contributed by atoms with Crippen LogP contribution in [0.5, 0.6) is 0 Å². The van der Waals surface area contributed by atoms with Gasteiger partial charge in [-0.1, -0.05) is 16.9 Å². The van der Waals surface area contributed by atoms with E-state index in [9.17, 15) is 0 Å². The minimum atomic E-state index is -0.0610. The Morgan fingerprint density at radius 1 is 1.38 bits per heavy atom. The van der Waals surface area contributed by atoms with Gasteiger partial charge in [0.2, 0.25) is 5.89 Å². The van der Waals surface area contributed by atoms with Gasteiger partial charge in [-0.05, 0) is 13.2 Å². The fourth-order valence-electron chi connectivity index (χ4n) is 2.90. The standard InChI is InChI=1S/C14H16N6O2S2/c1-7-17-13(22-19-7)9-4-8(21-2)5-20(9)12-10-11(15-6-16-12)18-14(23-3)24-10/h6,8-9H,4-5H2,1-3H3. The number of thiazole rings is 1. The summed E-state index contributed by atoms with van der Waals surface area (Å²) in [6, 6.07) is -0.0610. The lowest BCUT2D eigenvalue weighted by atomic mass is 10.2. The summed E-state index contributed by atoms with van der Waals surface area (Å²) in [7, 11) is 1.72. The second-order valence-electron chi connectivity index (χ2n) is 5.48. The largest absolute Gasteiger partial charge is 0.380 e. The lowest BCUT2D eigenvalue weighted by Crippen LogP contribution is -2.26. The first-order chi connectivity index (χ1) is 11.7. The van der Waals surface area contributed by atoms with Crippen molar-refractivity contribution >= 4 is 39.3 Å². The third kappa shape index (κ3) is 2.64. The van der Waals surface area contributed by atoms with Crippen molar-refractivity contribution in [3.63, 3.8) is 0 Å². The Morgan fingerprint density at radius 3 is 2.96 bits per heavy atom. The fraction of sp³-hybridized carbons (Fsp3) is 0.500. The summed E-state index contributed by atoms with van der Waals surface area (Å²) in [5.74, 6) is 2.06. The Balaban J connectivity index is 1.79. The van der Waals surface area contributed by atoms with Crippen molar-refractivity contribution in [2.24, 2.45) is 0 Å². The number of thioether (sulfide) groups is 1. The van der Waals surface area contributed by atoms with Gasteiger partial charge in [-0.3, -0.25) is 0 Å². The number of aromatic nitrogens is 5. The van der Waals surface area contributed by atoms with Crippen molar-refractivity contribution in [3.8, 4) is 0 Å². The van der Waals surface area contributed by atoms with Crippen LogP contribution in [0.25, 0.3) is 10.3 Å². The Bertz CT molecular complexity index is 866. The highest BCUT2D eigenvalue weighted by Crippen LogP contribution is 2.40. The molecule has 0 N–H and O–H groups in total. The van der Waals surface area contributed by atoms with Gasteiger partial charge in [0.15, 0.2) is 21.6 Å². The quantitative estimate of drug-likeness (QED) is 0.647. The van der Waals surface area contributed by atoms with Crippen molar-refractivity contribution in [2.45, 2.75) is 29.8 Å². The summed E-state index contributed by atoms with van der Waals surface area (Å²) in [4.78, 5) is 19.9. The smallest absolute Gasteiger partial charge is 0.249 e. The zero-order valence-electron chi connectivity index (χ0n) is 13.5. The summed E-state index contributed by atoms with van der Waals surface area (Å²) < 4.78 is 12.9. The lowest BCUT2D eigenvalue weighted by Gasteiger charge is -2.22. The third-order valence-corrected chi connectivity index (χ3v) is 6.05. The third-order valence-electron chi connectivity index (χ3n) is 4.02. The molecule has 126 valence electrons. The van der Waals surface area contributed by atoms with E-state index in [4.69, 9.17) is 9.26 Å². The summed E-state index contributed by atoms with van der Waals surface area (Å²) >= 11 is 3.21. The average Bonchev–Trinajstić information content (AvgIpc) is 3.30. The normalized spacial score (nSPS) is 21.0. The van der Waals surface area contributed by atoms with Crippen molar-refractivity contribution in [3.05, 3.63) is 18.0 Å². The van der Waals surface area contributed by atoms with Gasteiger partial charge in [0.25, 0.3) is 0 Å². The first-order valence-electron chi connectivity index (χ1n) is 7.44. The molecule has 0 saturated carbocycles. The van der Waals surface area contributed by atoms with E-state index in [1.807, 2.05) is 13.2 Å². The Hall–Kier alpha value is -1.78. The minimum Gasteiger partial charge on any atom is -0.380 e. The number of ether oxygens (including phenoxy) is 1. The van der Waals surface area contributed by atoms with Crippen LogP contribution in [0.3, 0.4) is 0 Å². The number of methoxy groups -OCH3 is 1. The first-order valence-corrected chi connectivity index (χ1v) is 9.49. The monoisotopic (exact) mass is 364 g/mol. The van der Waals surface area contributed by atoms with Gasteiger partial charge in [-0.25, -0.2) is 15.0 Å². The van der Waals surface area contributed by atoms with Crippen molar-refractivity contribution in [1.82, 2.24) is 25.1 Å². The molecule has 0 aliphatic carbocycles. The molecule has 4 rings (SSSR count). The summed E-state index contributed by atoms with van der Waals surface area (Å²) in [5.41, 5.74) is 0.718. The van der Waals surface area contributed by atoms with Crippen LogP contribution >= 0.6 is 23.1 Å². The summed E-state index contributed by atoms with van der Waals surface area (Å²) in [5, 5.41) is 3.92. The highest BCUT2D eigenvalue weighted by atomic mass is 32.2. The molecule has 1 aliphatic rings. The van der Waals surface area contributed by atoms with Crippen LogP contribution in [0.15, 0.2) is 15.2 Å². The van der Waals surface area contributed by atoms with E-state index in [2.05, 4.69) is 30.0 Å². The Morgan fingerprint density at radius 2 is 2.25 bits per heavy atom. The minimum absolute atomic E-state index is 0.0610. The number of hydrogen-bond donors (Lipinski definition) is 0. The van der Waals surface area contributed by atoms with Gasteiger partial charge in [-0.15, -0.1) is 11.3 Å². The topological polar surface area (TPSA) is 90.1 Å². The van der Waals surface area contributed by atoms with E-state index < -0.39 is 0 Å². The van der Waals surface area contributed by atoms with Crippen molar-refractivity contribution in [1.29, 1.82) is 0 Å². The van der Waals surface area contributed by atoms with Crippen LogP contribution in [0.4, 0.5) is 5.82 Å². The maximum Gasteiger partial charge on any atom is 0.249 e. The van der Waals surface area contributed by atoms with E-state index in [0.29, 0.717) is 18.3 Å². The number of rotatable bonds is 4. The fourth-order valence-corrected chi connectivity index (χ4v) is 4.42. The van der Waals surface area contributed by atoms with E-state index in [1.165, 1.54) is 0 Å². The molecule has 1 fully saturated rings. The molecular formula is C14H16N6O2S2. The molecular weight excluding hydrogens is 348 g/mol. The maximum atomic E-state index is 5.57. The van der Waals surface area contributed by atoms with Crippen LogP contribution in [0.1, 0.15) is 24.2 Å². The summed E-state index contributed by atoms with van der Waals surface area (Å²) in [6.45, 7) is 2.53. The predicted octanol–water partition coefficient (Wildman–Crippen LogP) is 2.47. The molecule has 1 aliphatic heterocycles.